The van der Waals surface area contributed by atoms with Crippen LogP contribution in [0.15, 0.2) is 0 Å². The molecule has 300 valence electrons. The number of hydrogen-bond acceptors (Lipinski definition) is 5. The van der Waals surface area contributed by atoms with Gasteiger partial charge in [0.05, 0.1) is 19.8 Å². The molecule has 0 spiro atoms. The van der Waals surface area contributed by atoms with Gasteiger partial charge in [-0.15, -0.1) is 0 Å². The van der Waals surface area contributed by atoms with Crippen LogP contribution in [0.3, 0.4) is 0 Å². The first-order valence-electron chi connectivity index (χ1n) is 22.8. The highest BCUT2D eigenvalue weighted by atomic mass is 31.2. The monoisotopic (exact) mass is 728 g/mol. The van der Waals surface area contributed by atoms with Crippen molar-refractivity contribution in [2.45, 2.75) is 246 Å². The predicted octanol–water partition coefficient (Wildman–Crippen LogP) is 15.4. The van der Waals surface area contributed by atoms with Gasteiger partial charge in [-0.3, -0.25) is 18.5 Å². The van der Waals surface area contributed by atoms with E-state index in [2.05, 4.69) is 32.6 Å². The van der Waals surface area contributed by atoms with E-state index >= 15 is 0 Å². The van der Waals surface area contributed by atoms with Crippen molar-refractivity contribution in [1.29, 1.82) is 0 Å². The lowest BCUT2D eigenvalue weighted by atomic mass is 10.0. The van der Waals surface area contributed by atoms with Gasteiger partial charge in [0.25, 0.3) is 0 Å². The van der Waals surface area contributed by atoms with Crippen molar-refractivity contribution >= 4 is 7.82 Å². The molecule has 1 fully saturated rings. The molecule has 0 amide bonds. The van der Waals surface area contributed by atoms with Crippen LogP contribution in [0.5, 0.6) is 0 Å². The third kappa shape index (κ3) is 29.5. The minimum absolute atomic E-state index is 0.409. The van der Waals surface area contributed by atoms with E-state index in [0.717, 1.165) is 38.8 Å². The first-order chi connectivity index (χ1) is 24.5. The fraction of sp³-hybridized carbons (Fsp3) is 1.00. The van der Waals surface area contributed by atoms with E-state index in [1.165, 1.54) is 186 Å². The molecular formula is C44H90NO4P. The number of rotatable bonds is 40. The molecule has 0 N–H and O–H groups in total. The van der Waals surface area contributed by atoms with Crippen molar-refractivity contribution in [2.24, 2.45) is 5.92 Å². The summed E-state index contributed by atoms with van der Waals surface area (Å²) in [6, 6.07) is 0.551. The summed E-state index contributed by atoms with van der Waals surface area (Å²) in [6.07, 6.45) is 44.1. The topological polar surface area (TPSA) is 48.0 Å². The minimum Gasteiger partial charge on any atom is -0.298 e. The molecule has 0 aliphatic carbocycles. The summed E-state index contributed by atoms with van der Waals surface area (Å²) in [7, 11) is -3.52. The van der Waals surface area contributed by atoms with Crippen LogP contribution in [0.1, 0.15) is 240 Å². The van der Waals surface area contributed by atoms with E-state index in [9.17, 15) is 4.57 Å². The Balaban J connectivity index is 2.10. The second kappa shape index (κ2) is 36.1. The van der Waals surface area contributed by atoms with Crippen molar-refractivity contribution in [3.05, 3.63) is 0 Å². The molecule has 0 saturated carbocycles. The Morgan fingerprint density at radius 3 is 1.00 bits per heavy atom. The van der Waals surface area contributed by atoms with Crippen LogP contribution in [0.25, 0.3) is 0 Å². The van der Waals surface area contributed by atoms with Crippen LogP contribution in [-0.4, -0.2) is 43.9 Å². The molecule has 50 heavy (non-hydrogen) atoms. The Bertz CT molecular complexity index is 695. The van der Waals surface area contributed by atoms with Gasteiger partial charge in [-0.2, -0.15) is 0 Å². The molecule has 6 heteroatoms. The number of nitrogens with zero attached hydrogens (tertiary/aromatic N) is 1. The molecule has 1 aliphatic heterocycles. The zero-order valence-corrected chi connectivity index (χ0v) is 35.4. The maximum atomic E-state index is 13.6. The molecule has 2 atom stereocenters. The Morgan fingerprint density at radius 1 is 0.440 bits per heavy atom. The highest BCUT2D eigenvalue weighted by molar-refractivity contribution is 7.48. The van der Waals surface area contributed by atoms with Gasteiger partial charge in [-0.05, 0) is 38.6 Å². The summed E-state index contributed by atoms with van der Waals surface area (Å²) in [5.74, 6) is 0.708. The number of phosphoric acid groups is 1. The third-order valence-corrected chi connectivity index (χ3v) is 12.9. The largest absolute Gasteiger partial charge is 0.474 e. The number of likely N-dealkylation sites (tertiary alicyclic amines) is 1. The van der Waals surface area contributed by atoms with Gasteiger partial charge in [-0.25, -0.2) is 4.57 Å². The molecule has 0 radical (unpaired) electrons. The third-order valence-electron chi connectivity index (χ3n) is 11.4. The van der Waals surface area contributed by atoms with Crippen molar-refractivity contribution in [2.75, 3.05) is 32.9 Å². The fourth-order valence-electron chi connectivity index (χ4n) is 7.52. The van der Waals surface area contributed by atoms with E-state index in [-0.39, 0.29) is 0 Å². The Kier molecular flexibility index (Phi) is 34.7. The highest BCUT2D eigenvalue weighted by Gasteiger charge is 2.30. The zero-order valence-electron chi connectivity index (χ0n) is 34.6. The van der Waals surface area contributed by atoms with Gasteiger partial charge < -0.3 is 0 Å². The van der Waals surface area contributed by atoms with Gasteiger partial charge in [0.15, 0.2) is 0 Å². The van der Waals surface area contributed by atoms with Crippen LogP contribution < -0.4 is 0 Å². The second-order valence-corrected chi connectivity index (χ2v) is 17.8. The van der Waals surface area contributed by atoms with Crippen LogP contribution >= 0.6 is 7.82 Å². The summed E-state index contributed by atoms with van der Waals surface area (Å²) < 4.78 is 31.2. The molecule has 5 nitrogen and oxygen atoms in total. The molecule has 1 aliphatic rings. The standard InChI is InChI=1S/C44H90NO4P/c1-5-7-9-11-13-15-17-19-21-23-25-27-29-31-33-35-40-47-50(46,49-42-39-45-38-37-43(3)44(45)4)48-41-36-34-32-30-28-26-24-22-20-18-16-14-12-10-8-6-2/h43-44H,5-42H2,1-4H3. The van der Waals surface area contributed by atoms with E-state index in [4.69, 9.17) is 13.6 Å². The van der Waals surface area contributed by atoms with Crippen molar-refractivity contribution in [3.8, 4) is 0 Å². The number of unbranched alkanes of at least 4 members (excludes halogenated alkanes) is 30. The van der Waals surface area contributed by atoms with Crippen LogP contribution in [0.4, 0.5) is 0 Å². The molecular weight excluding hydrogens is 637 g/mol. The number of hydrogen-bond donors (Lipinski definition) is 0. The normalized spacial score (nSPS) is 17.0. The molecule has 1 saturated heterocycles. The van der Waals surface area contributed by atoms with Crippen LogP contribution in [0.2, 0.25) is 0 Å². The Morgan fingerprint density at radius 2 is 0.720 bits per heavy atom. The van der Waals surface area contributed by atoms with E-state index < -0.39 is 7.82 Å². The Hall–Kier alpha value is 0.0700. The van der Waals surface area contributed by atoms with Gasteiger partial charge >= 0.3 is 7.82 Å². The minimum atomic E-state index is -3.52. The lowest BCUT2D eigenvalue weighted by molar-refractivity contribution is 0.0969. The lowest BCUT2D eigenvalue weighted by Gasteiger charge is -2.24. The number of phosphoric ester groups is 1. The SMILES string of the molecule is CCCCCCCCCCCCCCCCCCOP(=O)(OCCCCCCCCCCCCCCCCCC)OCCN1CCC(C)C1C. The smallest absolute Gasteiger partial charge is 0.298 e. The lowest BCUT2D eigenvalue weighted by Crippen LogP contribution is -2.32. The molecule has 1 heterocycles. The van der Waals surface area contributed by atoms with Crippen molar-refractivity contribution in [3.63, 3.8) is 0 Å². The van der Waals surface area contributed by atoms with Crippen LogP contribution in [0, 0.1) is 5.92 Å². The molecule has 1 rings (SSSR count). The van der Waals surface area contributed by atoms with E-state index in [0.29, 0.717) is 31.8 Å². The quantitative estimate of drug-likeness (QED) is 0.0464. The van der Waals surface area contributed by atoms with Gasteiger partial charge in [-0.1, -0.05) is 213 Å². The molecule has 0 bridgehead atoms. The molecule has 0 aromatic heterocycles. The van der Waals surface area contributed by atoms with Crippen LogP contribution in [-0.2, 0) is 18.1 Å². The van der Waals surface area contributed by atoms with Crippen molar-refractivity contribution < 1.29 is 18.1 Å². The maximum Gasteiger partial charge on any atom is 0.474 e. The summed E-state index contributed by atoms with van der Waals surface area (Å²) in [6.45, 7) is 12.4. The van der Waals surface area contributed by atoms with Gasteiger partial charge in [0, 0.05) is 12.6 Å². The average Bonchev–Trinajstić information content (AvgIpc) is 3.43. The molecule has 0 aromatic rings. The van der Waals surface area contributed by atoms with Crippen molar-refractivity contribution in [1.82, 2.24) is 4.90 Å². The maximum absolute atomic E-state index is 13.6. The zero-order chi connectivity index (χ0) is 36.2. The summed E-state index contributed by atoms with van der Waals surface area (Å²) in [5, 5.41) is 0. The second-order valence-electron chi connectivity index (χ2n) is 16.1. The summed E-state index contributed by atoms with van der Waals surface area (Å²) >= 11 is 0. The fourth-order valence-corrected chi connectivity index (χ4v) is 8.76. The van der Waals surface area contributed by atoms with E-state index in [1.807, 2.05) is 0 Å². The Labute approximate surface area is 314 Å². The highest BCUT2D eigenvalue weighted by Crippen LogP contribution is 2.49. The molecule has 0 aromatic carbocycles. The van der Waals surface area contributed by atoms with Gasteiger partial charge in [0.2, 0.25) is 0 Å². The van der Waals surface area contributed by atoms with E-state index in [1.54, 1.807) is 0 Å². The first-order valence-corrected chi connectivity index (χ1v) is 24.3. The predicted molar refractivity (Wildman–Crippen MR) is 219 cm³/mol. The van der Waals surface area contributed by atoms with Gasteiger partial charge in [0.1, 0.15) is 0 Å². The summed E-state index contributed by atoms with van der Waals surface area (Å²) in [4.78, 5) is 2.44. The molecule has 2 unspecified atom stereocenters. The first kappa shape index (κ1) is 48.1. The summed E-state index contributed by atoms with van der Waals surface area (Å²) in [5.41, 5.74) is 0. The average molecular weight is 728 g/mol.